The fourth-order valence-electron chi connectivity index (χ4n) is 4.91. The molecule has 0 bridgehead atoms. The summed E-state index contributed by atoms with van der Waals surface area (Å²) in [5.74, 6) is 0.381. The Morgan fingerprint density at radius 3 is 2.50 bits per heavy atom. The first-order valence-corrected chi connectivity index (χ1v) is 9.48. The molecule has 0 aromatic heterocycles. The molecule has 2 aromatic rings. The van der Waals surface area contributed by atoms with Gasteiger partial charge in [0.1, 0.15) is 5.41 Å². The number of nitrogens with one attached hydrogen (secondary N) is 1. The Labute approximate surface area is 153 Å². The average Bonchev–Trinajstić information content (AvgIpc) is 3.15. The highest BCUT2D eigenvalue weighted by atomic mass is 16.2. The van der Waals surface area contributed by atoms with Gasteiger partial charge in [-0.25, -0.2) is 0 Å². The predicted octanol–water partition coefficient (Wildman–Crippen LogP) is 3.65. The SMILES string of the molecule is O=C(C1CCC1)N1CC[C@]2(C(=O)Nc3ccccc32)[C@@H]1c1ccccc1. The maximum atomic E-state index is 13.2. The van der Waals surface area contributed by atoms with E-state index in [4.69, 9.17) is 0 Å². The molecule has 2 heterocycles. The largest absolute Gasteiger partial charge is 0.334 e. The van der Waals surface area contributed by atoms with Gasteiger partial charge in [-0.2, -0.15) is 0 Å². The third-order valence-corrected chi connectivity index (χ3v) is 6.44. The summed E-state index contributed by atoms with van der Waals surface area (Å²) in [6.07, 6.45) is 3.77. The van der Waals surface area contributed by atoms with E-state index in [0.717, 1.165) is 36.1 Å². The molecule has 1 spiro atoms. The molecule has 2 amide bonds. The Kier molecular flexibility index (Phi) is 3.42. The third-order valence-electron chi connectivity index (χ3n) is 6.44. The van der Waals surface area contributed by atoms with E-state index < -0.39 is 5.41 Å². The number of amides is 2. The second kappa shape index (κ2) is 5.70. The van der Waals surface area contributed by atoms with E-state index in [9.17, 15) is 9.59 Å². The number of para-hydroxylation sites is 1. The highest BCUT2D eigenvalue weighted by Gasteiger charge is 2.59. The van der Waals surface area contributed by atoms with E-state index in [0.29, 0.717) is 13.0 Å². The highest BCUT2D eigenvalue weighted by molar-refractivity contribution is 6.07. The maximum Gasteiger partial charge on any atom is 0.237 e. The third kappa shape index (κ3) is 2.02. The van der Waals surface area contributed by atoms with E-state index in [-0.39, 0.29) is 23.8 Å². The number of hydrogen-bond acceptors (Lipinski definition) is 2. The summed E-state index contributed by atoms with van der Waals surface area (Å²) in [7, 11) is 0. The molecule has 2 aromatic carbocycles. The van der Waals surface area contributed by atoms with Crippen LogP contribution in [-0.2, 0) is 15.0 Å². The number of benzene rings is 2. The molecule has 1 N–H and O–H groups in total. The van der Waals surface area contributed by atoms with Crippen LogP contribution in [0, 0.1) is 5.92 Å². The zero-order valence-electron chi connectivity index (χ0n) is 14.7. The van der Waals surface area contributed by atoms with E-state index in [1.165, 1.54) is 0 Å². The quantitative estimate of drug-likeness (QED) is 0.902. The van der Waals surface area contributed by atoms with Crippen LogP contribution in [-0.4, -0.2) is 23.3 Å². The number of anilines is 1. The molecule has 4 heteroatoms. The Morgan fingerprint density at radius 2 is 1.77 bits per heavy atom. The Hall–Kier alpha value is -2.62. The number of rotatable bonds is 2. The lowest BCUT2D eigenvalue weighted by atomic mass is 9.72. The van der Waals surface area contributed by atoms with Crippen LogP contribution in [0.3, 0.4) is 0 Å². The average molecular weight is 346 g/mol. The van der Waals surface area contributed by atoms with Gasteiger partial charge >= 0.3 is 0 Å². The molecular formula is C22H22N2O2. The summed E-state index contributed by atoms with van der Waals surface area (Å²) in [5, 5.41) is 3.07. The first-order valence-electron chi connectivity index (χ1n) is 9.48. The predicted molar refractivity (Wildman–Crippen MR) is 99.6 cm³/mol. The van der Waals surface area contributed by atoms with Gasteiger partial charge in [-0.1, -0.05) is 55.0 Å². The van der Waals surface area contributed by atoms with Crippen LogP contribution in [0.4, 0.5) is 5.69 Å². The van der Waals surface area contributed by atoms with Gasteiger partial charge in [-0.05, 0) is 36.5 Å². The molecule has 4 nitrogen and oxygen atoms in total. The van der Waals surface area contributed by atoms with Gasteiger partial charge in [0.25, 0.3) is 0 Å². The lowest BCUT2D eigenvalue weighted by Gasteiger charge is -2.37. The molecule has 0 radical (unpaired) electrons. The summed E-state index contributed by atoms with van der Waals surface area (Å²) in [4.78, 5) is 28.4. The topological polar surface area (TPSA) is 49.4 Å². The van der Waals surface area contributed by atoms with Crippen LogP contribution < -0.4 is 5.32 Å². The molecule has 1 saturated heterocycles. The van der Waals surface area contributed by atoms with Crippen LogP contribution >= 0.6 is 0 Å². The zero-order valence-corrected chi connectivity index (χ0v) is 14.7. The molecule has 3 aliphatic rings. The van der Waals surface area contributed by atoms with Crippen molar-refractivity contribution >= 4 is 17.5 Å². The minimum atomic E-state index is -0.683. The van der Waals surface area contributed by atoms with Crippen LogP contribution in [0.1, 0.15) is 42.9 Å². The molecule has 1 saturated carbocycles. The molecular weight excluding hydrogens is 324 g/mol. The number of carbonyl (C=O) groups is 2. The summed E-state index contributed by atoms with van der Waals surface area (Å²) in [6, 6.07) is 17.8. The lowest BCUT2D eigenvalue weighted by molar-refractivity contribution is -0.140. The van der Waals surface area contributed by atoms with Crippen LogP contribution in [0.15, 0.2) is 54.6 Å². The van der Waals surface area contributed by atoms with Crippen molar-refractivity contribution in [1.82, 2.24) is 4.90 Å². The van der Waals surface area contributed by atoms with Crippen molar-refractivity contribution in [3.63, 3.8) is 0 Å². The number of nitrogens with zero attached hydrogens (tertiary/aromatic N) is 1. The second-order valence-corrected chi connectivity index (χ2v) is 7.69. The standard InChI is InChI=1S/C22H22N2O2/c25-20(16-9-6-10-16)24-14-13-22(19(24)15-7-2-1-3-8-15)17-11-4-5-12-18(17)23-21(22)26/h1-5,7-8,11-12,16,19H,6,9-10,13-14H2,(H,23,26)/t19-,22+/m0/s1. The van der Waals surface area contributed by atoms with Crippen molar-refractivity contribution in [2.24, 2.45) is 5.92 Å². The minimum Gasteiger partial charge on any atom is -0.334 e. The highest BCUT2D eigenvalue weighted by Crippen LogP contribution is 2.55. The van der Waals surface area contributed by atoms with E-state index in [2.05, 4.69) is 5.32 Å². The summed E-state index contributed by atoms with van der Waals surface area (Å²) >= 11 is 0. The normalized spacial score (nSPS) is 27.3. The smallest absolute Gasteiger partial charge is 0.237 e. The zero-order chi connectivity index (χ0) is 17.7. The molecule has 26 heavy (non-hydrogen) atoms. The number of fused-ring (bicyclic) bond motifs is 2. The van der Waals surface area contributed by atoms with Crippen molar-refractivity contribution in [2.75, 3.05) is 11.9 Å². The number of hydrogen-bond donors (Lipinski definition) is 1. The van der Waals surface area contributed by atoms with Gasteiger partial charge < -0.3 is 10.2 Å². The van der Waals surface area contributed by atoms with Crippen molar-refractivity contribution in [2.45, 2.75) is 37.1 Å². The van der Waals surface area contributed by atoms with E-state index >= 15 is 0 Å². The van der Waals surface area contributed by atoms with Crippen molar-refractivity contribution < 1.29 is 9.59 Å². The molecule has 2 atom stereocenters. The minimum absolute atomic E-state index is 0.0245. The van der Waals surface area contributed by atoms with Crippen LogP contribution in [0.2, 0.25) is 0 Å². The molecule has 132 valence electrons. The van der Waals surface area contributed by atoms with Crippen molar-refractivity contribution in [3.05, 3.63) is 65.7 Å². The number of carbonyl (C=O) groups excluding carboxylic acids is 2. The summed E-state index contributed by atoms with van der Waals surface area (Å²) in [6.45, 7) is 0.636. The fraction of sp³-hybridized carbons (Fsp3) is 0.364. The maximum absolute atomic E-state index is 13.2. The van der Waals surface area contributed by atoms with E-state index in [1.54, 1.807) is 0 Å². The monoisotopic (exact) mass is 346 g/mol. The Balaban J connectivity index is 1.66. The Bertz CT molecular complexity index is 875. The Morgan fingerprint density at radius 1 is 1.04 bits per heavy atom. The fourth-order valence-corrected chi connectivity index (χ4v) is 4.91. The second-order valence-electron chi connectivity index (χ2n) is 7.69. The van der Waals surface area contributed by atoms with E-state index in [1.807, 2.05) is 59.5 Å². The summed E-state index contributed by atoms with van der Waals surface area (Å²) in [5.41, 5.74) is 2.28. The van der Waals surface area contributed by atoms with Gasteiger partial charge in [-0.3, -0.25) is 9.59 Å². The first kappa shape index (κ1) is 15.6. The molecule has 1 aliphatic carbocycles. The van der Waals surface area contributed by atoms with Crippen molar-refractivity contribution in [1.29, 1.82) is 0 Å². The van der Waals surface area contributed by atoms with Gasteiger partial charge in [-0.15, -0.1) is 0 Å². The van der Waals surface area contributed by atoms with Gasteiger partial charge in [0.15, 0.2) is 0 Å². The molecule has 0 unspecified atom stereocenters. The summed E-state index contributed by atoms with van der Waals surface area (Å²) < 4.78 is 0. The van der Waals surface area contributed by atoms with Crippen LogP contribution in [0.25, 0.3) is 0 Å². The van der Waals surface area contributed by atoms with Crippen LogP contribution in [0.5, 0.6) is 0 Å². The van der Waals surface area contributed by atoms with Gasteiger partial charge in [0, 0.05) is 18.2 Å². The first-order chi connectivity index (χ1) is 12.7. The molecule has 2 aliphatic heterocycles. The molecule has 2 fully saturated rings. The van der Waals surface area contributed by atoms with Gasteiger partial charge in [0.2, 0.25) is 11.8 Å². The molecule has 5 rings (SSSR count). The number of likely N-dealkylation sites (tertiary alicyclic amines) is 1. The van der Waals surface area contributed by atoms with Gasteiger partial charge in [0.05, 0.1) is 6.04 Å². The van der Waals surface area contributed by atoms with Crippen molar-refractivity contribution in [3.8, 4) is 0 Å². The lowest BCUT2D eigenvalue weighted by Crippen LogP contribution is -2.45.